The molecular formula is C13H17NO5S. The Morgan fingerprint density at radius 3 is 2.65 bits per heavy atom. The maximum Gasteiger partial charge on any atom is 0.343 e. The van der Waals surface area contributed by atoms with E-state index in [2.05, 4.69) is 0 Å². The zero-order valence-corrected chi connectivity index (χ0v) is 12.0. The molecule has 7 heteroatoms. The van der Waals surface area contributed by atoms with Crippen molar-refractivity contribution >= 4 is 22.5 Å². The van der Waals surface area contributed by atoms with Crippen molar-refractivity contribution in [1.29, 1.82) is 0 Å². The Balaban J connectivity index is 2.95. The van der Waals surface area contributed by atoms with Crippen LogP contribution in [0, 0.1) is 10.1 Å². The average molecular weight is 299 g/mol. The Kier molecular flexibility index (Phi) is 6.30. The molecule has 0 aliphatic heterocycles. The van der Waals surface area contributed by atoms with Crippen LogP contribution in [0.15, 0.2) is 18.2 Å². The molecule has 1 N–H and O–H groups in total. The lowest BCUT2D eigenvalue weighted by Gasteiger charge is -2.06. The van der Waals surface area contributed by atoms with E-state index in [1.54, 1.807) is 0 Å². The van der Waals surface area contributed by atoms with Crippen LogP contribution in [0.4, 0.5) is 5.69 Å². The quantitative estimate of drug-likeness (QED) is 0.452. The lowest BCUT2D eigenvalue weighted by Crippen LogP contribution is -2.10. The molecule has 0 saturated carbocycles. The molecule has 110 valence electrons. The van der Waals surface area contributed by atoms with Crippen molar-refractivity contribution in [1.82, 2.24) is 0 Å². The van der Waals surface area contributed by atoms with Crippen molar-refractivity contribution in [3.63, 3.8) is 0 Å². The minimum atomic E-state index is -1.36. The summed E-state index contributed by atoms with van der Waals surface area (Å²) < 4.78 is 11.9. The van der Waals surface area contributed by atoms with Crippen molar-refractivity contribution in [3.8, 4) is 0 Å². The van der Waals surface area contributed by atoms with Crippen LogP contribution >= 0.6 is 0 Å². The fraction of sp³-hybridized carbons (Fsp3) is 0.462. The standard InChI is InChI=1S/C13H17NO5S/c1-2-3-4-8-20(19)9-10-6-5-7-11(14(17)18)12(10)13(15)16/h5-7H,2-4,8-9H2,1H3,(H,15,16). The summed E-state index contributed by atoms with van der Waals surface area (Å²) in [4.78, 5) is 21.3. The molecule has 1 atom stereocenters. The summed E-state index contributed by atoms with van der Waals surface area (Å²) in [5.41, 5.74) is -0.566. The van der Waals surface area contributed by atoms with E-state index in [9.17, 15) is 19.1 Å². The van der Waals surface area contributed by atoms with E-state index in [-0.39, 0.29) is 16.9 Å². The van der Waals surface area contributed by atoms with Gasteiger partial charge < -0.3 is 5.11 Å². The summed E-state index contributed by atoms with van der Waals surface area (Å²) in [6.45, 7) is 2.03. The van der Waals surface area contributed by atoms with Crippen LogP contribution < -0.4 is 0 Å². The fourth-order valence-electron chi connectivity index (χ4n) is 1.86. The van der Waals surface area contributed by atoms with Gasteiger partial charge in [-0.25, -0.2) is 4.79 Å². The Hall–Kier alpha value is -1.76. The number of carbonyl (C=O) groups is 1. The minimum absolute atomic E-state index is 0.0347. The molecule has 0 aliphatic carbocycles. The van der Waals surface area contributed by atoms with Crippen LogP contribution in [-0.4, -0.2) is 26.0 Å². The number of benzene rings is 1. The zero-order valence-electron chi connectivity index (χ0n) is 11.2. The van der Waals surface area contributed by atoms with Gasteiger partial charge in [0, 0.05) is 28.4 Å². The fourth-order valence-corrected chi connectivity index (χ4v) is 3.12. The summed E-state index contributed by atoms with van der Waals surface area (Å²) in [6.07, 6.45) is 2.78. The van der Waals surface area contributed by atoms with Crippen LogP contribution in [0.25, 0.3) is 0 Å². The molecule has 0 spiro atoms. The molecule has 0 aromatic heterocycles. The number of aromatic carboxylic acids is 1. The van der Waals surface area contributed by atoms with Crippen molar-refractivity contribution in [3.05, 3.63) is 39.4 Å². The third-order valence-electron chi connectivity index (χ3n) is 2.83. The number of nitrogens with zero attached hydrogens (tertiary/aromatic N) is 1. The van der Waals surface area contributed by atoms with Gasteiger partial charge >= 0.3 is 5.97 Å². The molecule has 0 radical (unpaired) electrons. The second kappa shape index (κ2) is 7.74. The predicted molar refractivity (Wildman–Crippen MR) is 76.3 cm³/mol. The first-order valence-corrected chi connectivity index (χ1v) is 7.80. The van der Waals surface area contributed by atoms with Gasteiger partial charge in [0.05, 0.1) is 4.92 Å². The van der Waals surface area contributed by atoms with E-state index in [1.165, 1.54) is 12.1 Å². The predicted octanol–water partition coefficient (Wildman–Crippen LogP) is 2.73. The summed E-state index contributed by atoms with van der Waals surface area (Å²) in [7, 11) is -1.21. The summed E-state index contributed by atoms with van der Waals surface area (Å²) in [5, 5.41) is 20.0. The first-order chi connectivity index (χ1) is 9.47. The van der Waals surface area contributed by atoms with Gasteiger partial charge in [-0.15, -0.1) is 0 Å². The molecule has 20 heavy (non-hydrogen) atoms. The van der Waals surface area contributed by atoms with E-state index < -0.39 is 27.4 Å². The monoisotopic (exact) mass is 299 g/mol. The van der Waals surface area contributed by atoms with E-state index >= 15 is 0 Å². The van der Waals surface area contributed by atoms with Crippen LogP contribution in [0.3, 0.4) is 0 Å². The maximum absolute atomic E-state index is 11.9. The summed E-state index contributed by atoms with van der Waals surface area (Å²) in [5.74, 6) is -0.847. The molecule has 1 rings (SSSR count). The minimum Gasteiger partial charge on any atom is -0.477 e. The number of carboxylic acids is 1. The number of rotatable bonds is 8. The summed E-state index contributed by atoms with van der Waals surface area (Å²) >= 11 is 0. The Labute approximate surface area is 119 Å². The van der Waals surface area contributed by atoms with E-state index in [0.29, 0.717) is 5.75 Å². The first kappa shape index (κ1) is 16.3. The zero-order chi connectivity index (χ0) is 15.1. The van der Waals surface area contributed by atoms with Gasteiger partial charge in [-0.05, 0) is 12.0 Å². The number of hydrogen-bond acceptors (Lipinski definition) is 4. The molecule has 1 aromatic carbocycles. The van der Waals surface area contributed by atoms with Gasteiger partial charge in [-0.3, -0.25) is 14.3 Å². The number of nitro groups is 1. The lowest BCUT2D eigenvalue weighted by molar-refractivity contribution is -0.385. The third-order valence-corrected chi connectivity index (χ3v) is 4.21. The molecular weight excluding hydrogens is 282 g/mol. The molecule has 1 aromatic rings. The van der Waals surface area contributed by atoms with Crippen LogP contribution in [0.1, 0.15) is 42.1 Å². The normalized spacial score (nSPS) is 12.1. The number of nitro benzene ring substituents is 1. The van der Waals surface area contributed by atoms with Crippen LogP contribution in [-0.2, 0) is 16.6 Å². The molecule has 0 bridgehead atoms. The topological polar surface area (TPSA) is 97.5 Å². The van der Waals surface area contributed by atoms with Crippen molar-refractivity contribution in [2.75, 3.05) is 5.75 Å². The smallest absolute Gasteiger partial charge is 0.343 e. The highest BCUT2D eigenvalue weighted by Crippen LogP contribution is 2.23. The largest absolute Gasteiger partial charge is 0.477 e. The van der Waals surface area contributed by atoms with E-state index in [1.807, 2.05) is 6.92 Å². The van der Waals surface area contributed by atoms with Crippen molar-refractivity contribution in [2.24, 2.45) is 0 Å². The molecule has 0 heterocycles. The first-order valence-electron chi connectivity index (χ1n) is 6.32. The number of carboxylic acid groups (broad SMARTS) is 1. The molecule has 0 fully saturated rings. The van der Waals surface area contributed by atoms with E-state index in [0.717, 1.165) is 25.3 Å². The highest BCUT2D eigenvalue weighted by Gasteiger charge is 2.24. The molecule has 0 amide bonds. The lowest BCUT2D eigenvalue weighted by atomic mass is 10.1. The van der Waals surface area contributed by atoms with Gasteiger partial charge in [-0.2, -0.15) is 0 Å². The Bertz CT molecular complexity index is 529. The highest BCUT2D eigenvalue weighted by atomic mass is 32.2. The molecule has 6 nitrogen and oxygen atoms in total. The second-order valence-electron chi connectivity index (χ2n) is 4.37. The summed E-state index contributed by atoms with van der Waals surface area (Å²) in [6, 6.07) is 4.05. The molecule has 0 aliphatic rings. The van der Waals surface area contributed by atoms with Gasteiger partial charge in [0.2, 0.25) is 0 Å². The SMILES string of the molecule is CCCCCS(=O)Cc1cccc([N+](=O)[O-])c1C(=O)O. The van der Waals surface area contributed by atoms with E-state index in [4.69, 9.17) is 5.11 Å². The molecule has 0 saturated heterocycles. The van der Waals surface area contributed by atoms with Gasteiger partial charge in [0.15, 0.2) is 0 Å². The number of unbranched alkanes of at least 4 members (excludes halogenated alkanes) is 2. The van der Waals surface area contributed by atoms with Crippen molar-refractivity contribution in [2.45, 2.75) is 31.9 Å². The van der Waals surface area contributed by atoms with Gasteiger partial charge in [0.25, 0.3) is 5.69 Å². The third kappa shape index (κ3) is 4.41. The van der Waals surface area contributed by atoms with Gasteiger partial charge in [0.1, 0.15) is 5.56 Å². The van der Waals surface area contributed by atoms with Crippen molar-refractivity contribution < 1.29 is 19.0 Å². The van der Waals surface area contributed by atoms with Gasteiger partial charge in [-0.1, -0.05) is 31.9 Å². The molecule has 1 unspecified atom stereocenters. The Morgan fingerprint density at radius 1 is 1.40 bits per heavy atom. The van der Waals surface area contributed by atoms with Crippen LogP contribution in [0.2, 0.25) is 0 Å². The Morgan fingerprint density at radius 2 is 2.10 bits per heavy atom. The average Bonchev–Trinajstić information content (AvgIpc) is 2.38. The second-order valence-corrected chi connectivity index (χ2v) is 5.95. The number of hydrogen-bond donors (Lipinski definition) is 1. The maximum atomic E-state index is 11.9. The van der Waals surface area contributed by atoms with Crippen LogP contribution in [0.5, 0.6) is 0 Å². The highest BCUT2D eigenvalue weighted by molar-refractivity contribution is 7.84.